The highest BCUT2D eigenvalue weighted by molar-refractivity contribution is 8.13. The van der Waals surface area contributed by atoms with Crippen LogP contribution in [0.1, 0.15) is 0 Å². The third kappa shape index (κ3) is 2.13. The molecular formula is C10H5Cl3O2S. The first-order valence-electron chi connectivity index (χ1n) is 4.22. The Bertz CT molecular complexity index is 665. The second kappa shape index (κ2) is 4.08. The fourth-order valence-corrected chi connectivity index (χ4v) is 3.21. The summed E-state index contributed by atoms with van der Waals surface area (Å²) in [6.07, 6.45) is 0. The number of hydrogen-bond acceptors (Lipinski definition) is 2. The lowest BCUT2D eigenvalue weighted by Gasteiger charge is -2.05. The molecular weight excluding hydrogens is 291 g/mol. The molecule has 0 aromatic heterocycles. The van der Waals surface area contributed by atoms with E-state index in [-0.39, 0.29) is 9.92 Å². The van der Waals surface area contributed by atoms with Gasteiger partial charge in [0.2, 0.25) is 0 Å². The van der Waals surface area contributed by atoms with E-state index >= 15 is 0 Å². The van der Waals surface area contributed by atoms with E-state index < -0.39 is 9.05 Å². The average molecular weight is 296 g/mol. The molecule has 2 aromatic rings. The molecule has 0 atom stereocenters. The van der Waals surface area contributed by atoms with Crippen LogP contribution in [0.15, 0.2) is 35.2 Å². The molecule has 0 saturated carbocycles. The molecule has 0 unspecified atom stereocenters. The molecule has 0 aliphatic carbocycles. The molecule has 2 nitrogen and oxygen atoms in total. The average Bonchev–Trinajstić information content (AvgIpc) is 2.15. The predicted octanol–water partition coefficient (Wildman–Crippen LogP) is 4.07. The minimum atomic E-state index is -3.83. The van der Waals surface area contributed by atoms with E-state index in [0.29, 0.717) is 10.4 Å². The second-order valence-corrected chi connectivity index (χ2v) is 6.53. The number of fused-ring (bicyclic) bond motifs is 1. The second-order valence-electron chi connectivity index (χ2n) is 3.18. The lowest BCUT2D eigenvalue weighted by Crippen LogP contribution is -1.92. The van der Waals surface area contributed by atoms with Gasteiger partial charge < -0.3 is 0 Å². The van der Waals surface area contributed by atoms with Gasteiger partial charge in [-0.15, -0.1) is 0 Å². The van der Waals surface area contributed by atoms with Crippen LogP contribution in [0.5, 0.6) is 0 Å². The highest BCUT2D eigenvalue weighted by atomic mass is 35.7. The fourth-order valence-electron chi connectivity index (χ4n) is 1.43. The standard InChI is InChI=1S/C10H5Cl3O2S/c11-7-2-3-8-6(5-7)1-4-9(10(8)12)16(13,14)15/h1-5H. The Morgan fingerprint density at radius 1 is 1.00 bits per heavy atom. The molecule has 0 spiro atoms. The van der Waals surface area contributed by atoms with Crippen molar-refractivity contribution in [3.8, 4) is 0 Å². The molecule has 0 bridgehead atoms. The van der Waals surface area contributed by atoms with Crippen molar-refractivity contribution < 1.29 is 8.42 Å². The van der Waals surface area contributed by atoms with Gasteiger partial charge in [0.1, 0.15) is 4.90 Å². The Morgan fingerprint density at radius 3 is 2.31 bits per heavy atom. The van der Waals surface area contributed by atoms with Gasteiger partial charge in [-0.2, -0.15) is 0 Å². The van der Waals surface area contributed by atoms with Crippen LogP contribution in [-0.4, -0.2) is 8.42 Å². The van der Waals surface area contributed by atoms with Crippen LogP contribution in [0.4, 0.5) is 0 Å². The molecule has 0 amide bonds. The number of hydrogen-bond donors (Lipinski definition) is 0. The summed E-state index contributed by atoms with van der Waals surface area (Å²) in [7, 11) is 1.43. The molecule has 0 N–H and O–H groups in total. The van der Waals surface area contributed by atoms with Crippen LogP contribution >= 0.6 is 33.9 Å². The Kier molecular flexibility index (Phi) is 3.05. The largest absolute Gasteiger partial charge is 0.262 e. The normalized spacial score (nSPS) is 11.9. The molecule has 0 radical (unpaired) electrons. The summed E-state index contributed by atoms with van der Waals surface area (Å²) in [6, 6.07) is 7.98. The fraction of sp³-hybridized carbons (Fsp3) is 0. The summed E-state index contributed by atoms with van der Waals surface area (Å²) < 4.78 is 22.4. The van der Waals surface area contributed by atoms with Crippen LogP contribution in [0.3, 0.4) is 0 Å². The molecule has 6 heteroatoms. The molecule has 0 fully saturated rings. The third-order valence-corrected chi connectivity index (χ3v) is 4.26. The first-order chi connectivity index (χ1) is 7.39. The van der Waals surface area contributed by atoms with Gasteiger partial charge in [-0.3, -0.25) is 0 Å². The maximum Gasteiger partial charge on any atom is 0.262 e. The van der Waals surface area contributed by atoms with Crippen molar-refractivity contribution in [3.63, 3.8) is 0 Å². The van der Waals surface area contributed by atoms with Crippen molar-refractivity contribution >= 4 is 53.7 Å². The van der Waals surface area contributed by atoms with Crippen molar-refractivity contribution in [2.45, 2.75) is 4.90 Å². The van der Waals surface area contributed by atoms with Gasteiger partial charge in [0.05, 0.1) is 5.02 Å². The molecule has 2 aromatic carbocycles. The predicted molar refractivity (Wildman–Crippen MR) is 67.0 cm³/mol. The van der Waals surface area contributed by atoms with Crippen LogP contribution in [0, 0.1) is 0 Å². The van der Waals surface area contributed by atoms with Crippen molar-refractivity contribution in [2.75, 3.05) is 0 Å². The molecule has 0 heterocycles. The molecule has 84 valence electrons. The zero-order valence-corrected chi connectivity index (χ0v) is 10.8. The van der Waals surface area contributed by atoms with Gasteiger partial charge in [0.15, 0.2) is 0 Å². The lowest BCUT2D eigenvalue weighted by molar-refractivity contribution is 0.610. The first-order valence-corrected chi connectivity index (χ1v) is 7.28. The SMILES string of the molecule is O=S(=O)(Cl)c1ccc2cc(Cl)ccc2c1Cl. The third-order valence-electron chi connectivity index (χ3n) is 2.14. The Hall–Kier alpha value is -0.480. The monoisotopic (exact) mass is 294 g/mol. The van der Waals surface area contributed by atoms with Crippen molar-refractivity contribution in [3.05, 3.63) is 40.4 Å². The zero-order valence-electron chi connectivity index (χ0n) is 7.75. The first kappa shape index (κ1) is 12.0. The van der Waals surface area contributed by atoms with Gasteiger partial charge in [-0.25, -0.2) is 8.42 Å². The maximum absolute atomic E-state index is 11.2. The quantitative estimate of drug-likeness (QED) is 0.743. The number of halogens is 3. The lowest BCUT2D eigenvalue weighted by atomic mass is 10.1. The Morgan fingerprint density at radius 2 is 1.69 bits per heavy atom. The van der Waals surface area contributed by atoms with Gasteiger partial charge in [-0.1, -0.05) is 35.3 Å². The van der Waals surface area contributed by atoms with Gasteiger partial charge in [-0.05, 0) is 23.6 Å². The smallest absolute Gasteiger partial charge is 0.207 e. The van der Waals surface area contributed by atoms with Gasteiger partial charge in [0, 0.05) is 21.1 Å². The molecule has 0 aliphatic heterocycles. The highest BCUT2D eigenvalue weighted by Crippen LogP contribution is 2.33. The summed E-state index contributed by atoms with van der Waals surface area (Å²) >= 11 is 11.8. The molecule has 16 heavy (non-hydrogen) atoms. The zero-order chi connectivity index (χ0) is 11.9. The summed E-state index contributed by atoms with van der Waals surface area (Å²) in [5, 5.41) is 2.04. The Labute approximate surface area is 107 Å². The van der Waals surface area contributed by atoms with Crippen molar-refractivity contribution in [1.82, 2.24) is 0 Å². The summed E-state index contributed by atoms with van der Waals surface area (Å²) in [4.78, 5) is -0.0920. The molecule has 0 saturated heterocycles. The van der Waals surface area contributed by atoms with Crippen molar-refractivity contribution in [1.29, 1.82) is 0 Å². The maximum atomic E-state index is 11.2. The van der Waals surface area contributed by atoms with E-state index in [1.807, 2.05) is 0 Å². The summed E-state index contributed by atoms with van der Waals surface area (Å²) in [5.74, 6) is 0. The molecule has 0 aliphatic rings. The van der Waals surface area contributed by atoms with E-state index in [9.17, 15) is 8.42 Å². The van der Waals surface area contributed by atoms with Crippen LogP contribution in [0.25, 0.3) is 10.8 Å². The number of benzene rings is 2. The minimum absolute atomic E-state index is 0.0920. The van der Waals surface area contributed by atoms with E-state index in [1.54, 1.807) is 24.3 Å². The van der Waals surface area contributed by atoms with Crippen molar-refractivity contribution in [2.24, 2.45) is 0 Å². The highest BCUT2D eigenvalue weighted by Gasteiger charge is 2.16. The van der Waals surface area contributed by atoms with Crippen LogP contribution in [0.2, 0.25) is 10.0 Å². The van der Waals surface area contributed by atoms with Crippen LogP contribution in [-0.2, 0) is 9.05 Å². The van der Waals surface area contributed by atoms with E-state index in [2.05, 4.69) is 0 Å². The van der Waals surface area contributed by atoms with E-state index in [4.69, 9.17) is 33.9 Å². The topological polar surface area (TPSA) is 34.1 Å². The molecule has 2 rings (SSSR count). The van der Waals surface area contributed by atoms with Gasteiger partial charge >= 0.3 is 0 Å². The van der Waals surface area contributed by atoms with Gasteiger partial charge in [0.25, 0.3) is 9.05 Å². The summed E-state index contributed by atoms with van der Waals surface area (Å²) in [5.41, 5.74) is 0. The number of rotatable bonds is 1. The van der Waals surface area contributed by atoms with Crippen LogP contribution < -0.4 is 0 Å². The Balaban J connectivity index is 2.86. The minimum Gasteiger partial charge on any atom is -0.207 e. The summed E-state index contributed by atoms with van der Waals surface area (Å²) in [6.45, 7) is 0. The van der Waals surface area contributed by atoms with E-state index in [0.717, 1.165) is 5.39 Å². The van der Waals surface area contributed by atoms with E-state index in [1.165, 1.54) is 6.07 Å².